The molecule has 10 nitrogen and oxygen atoms in total. The molecule has 0 aliphatic heterocycles. The maximum Gasteiger partial charge on any atom is 0.326 e. The first kappa shape index (κ1) is 25.4. The van der Waals surface area contributed by atoms with Gasteiger partial charge in [0.05, 0.1) is 12.1 Å². The number of hydrogen-bond donors (Lipinski definition) is 7. The lowest BCUT2D eigenvalue weighted by Gasteiger charge is -2.24. The SMILES string of the molecule is CC(NC(=O)C(NC(=O)C(N)CS)C(C)O)C(=O)NC(Cc1ccccc1)C(=O)O. The van der Waals surface area contributed by atoms with Crippen LogP contribution in [-0.2, 0) is 25.6 Å². The number of nitrogens with two attached hydrogens (primary N) is 1. The monoisotopic (exact) mass is 440 g/mol. The number of amides is 3. The molecule has 0 heterocycles. The summed E-state index contributed by atoms with van der Waals surface area (Å²) in [4.78, 5) is 48.2. The normalized spacial score (nSPS) is 15.8. The molecule has 0 aromatic heterocycles. The number of aliphatic hydroxyl groups is 1. The molecule has 7 N–H and O–H groups in total. The Kier molecular flexibility index (Phi) is 10.3. The number of aliphatic hydroxyl groups excluding tert-OH is 1. The fourth-order valence-corrected chi connectivity index (χ4v) is 2.63. The van der Waals surface area contributed by atoms with Gasteiger partial charge in [-0.15, -0.1) is 0 Å². The van der Waals surface area contributed by atoms with Gasteiger partial charge < -0.3 is 31.9 Å². The zero-order valence-corrected chi connectivity index (χ0v) is 17.6. The quantitative estimate of drug-likeness (QED) is 0.204. The first-order valence-corrected chi connectivity index (χ1v) is 9.92. The van der Waals surface area contributed by atoms with Crippen molar-refractivity contribution in [3.05, 3.63) is 35.9 Å². The van der Waals surface area contributed by atoms with Gasteiger partial charge in [0.1, 0.15) is 18.1 Å². The van der Waals surface area contributed by atoms with Crippen LogP contribution in [0.25, 0.3) is 0 Å². The van der Waals surface area contributed by atoms with Crippen LogP contribution in [0.4, 0.5) is 0 Å². The average Bonchev–Trinajstić information content (AvgIpc) is 2.70. The molecular formula is C19H28N4O6S. The Morgan fingerprint density at radius 3 is 2.10 bits per heavy atom. The molecule has 11 heteroatoms. The molecule has 0 fully saturated rings. The van der Waals surface area contributed by atoms with E-state index in [2.05, 4.69) is 28.6 Å². The Morgan fingerprint density at radius 2 is 1.60 bits per heavy atom. The van der Waals surface area contributed by atoms with Gasteiger partial charge in [0.25, 0.3) is 0 Å². The minimum Gasteiger partial charge on any atom is -0.480 e. The summed E-state index contributed by atoms with van der Waals surface area (Å²) in [5, 5.41) is 26.2. The summed E-state index contributed by atoms with van der Waals surface area (Å²) in [5.41, 5.74) is 6.26. The second kappa shape index (κ2) is 12.2. The van der Waals surface area contributed by atoms with Gasteiger partial charge in [-0.1, -0.05) is 30.3 Å². The van der Waals surface area contributed by atoms with Crippen LogP contribution in [0.1, 0.15) is 19.4 Å². The van der Waals surface area contributed by atoms with Crippen LogP contribution in [0.2, 0.25) is 0 Å². The summed E-state index contributed by atoms with van der Waals surface area (Å²) in [5.74, 6) is -3.41. The first-order valence-electron chi connectivity index (χ1n) is 9.29. The third-order valence-electron chi connectivity index (χ3n) is 4.25. The van der Waals surface area contributed by atoms with Gasteiger partial charge >= 0.3 is 5.97 Å². The van der Waals surface area contributed by atoms with Crippen LogP contribution < -0.4 is 21.7 Å². The van der Waals surface area contributed by atoms with Gasteiger partial charge in [0, 0.05) is 12.2 Å². The molecule has 30 heavy (non-hydrogen) atoms. The number of benzene rings is 1. The van der Waals surface area contributed by atoms with Gasteiger partial charge in [-0.05, 0) is 19.4 Å². The summed E-state index contributed by atoms with van der Waals surface area (Å²) < 4.78 is 0. The lowest BCUT2D eigenvalue weighted by atomic mass is 10.1. The molecule has 166 valence electrons. The Balaban J connectivity index is 2.74. The highest BCUT2D eigenvalue weighted by atomic mass is 32.1. The number of carboxylic acid groups (broad SMARTS) is 1. The largest absolute Gasteiger partial charge is 0.480 e. The van der Waals surface area contributed by atoms with Crippen molar-refractivity contribution in [1.82, 2.24) is 16.0 Å². The van der Waals surface area contributed by atoms with Gasteiger partial charge in [-0.3, -0.25) is 14.4 Å². The smallest absolute Gasteiger partial charge is 0.326 e. The Hall–Kier alpha value is -2.63. The van der Waals surface area contributed by atoms with Crippen molar-refractivity contribution in [3.63, 3.8) is 0 Å². The highest BCUT2D eigenvalue weighted by Crippen LogP contribution is 2.04. The van der Waals surface area contributed by atoms with E-state index in [1.54, 1.807) is 30.3 Å². The number of carboxylic acids is 1. The fourth-order valence-electron chi connectivity index (χ4n) is 2.46. The molecule has 3 amide bonds. The number of nitrogens with one attached hydrogen (secondary N) is 3. The van der Waals surface area contributed by atoms with E-state index in [9.17, 15) is 29.4 Å². The van der Waals surface area contributed by atoms with Crippen molar-refractivity contribution < 1.29 is 29.4 Å². The lowest BCUT2D eigenvalue weighted by molar-refractivity contribution is -0.142. The van der Waals surface area contributed by atoms with E-state index in [-0.39, 0.29) is 12.2 Å². The van der Waals surface area contributed by atoms with Crippen molar-refractivity contribution in [1.29, 1.82) is 0 Å². The van der Waals surface area contributed by atoms with Crippen LogP contribution in [0, 0.1) is 0 Å². The Labute approximate surface area is 180 Å². The van der Waals surface area contributed by atoms with E-state index < -0.39 is 54.0 Å². The molecule has 1 rings (SSSR count). The lowest BCUT2D eigenvalue weighted by Crippen LogP contribution is -2.59. The third-order valence-corrected chi connectivity index (χ3v) is 4.64. The van der Waals surface area contributed by atoms with Crippen LogP contribution in [-0.4, -0.2) is 69.9 Å². The fraction of sp³-hybridized carbons (Fsp3) is 0.474. The maximum absolute atomic E-state index is 12.4. The number of carbonyl (C=O) groups is 4. The molecule has 0 aliphatic carbocycles. The van der Waals surface area contributed by atoms with Crippen molar-refractivity contribution in [2.75, 3.05) is 5.75 Å². The third kappa shape index (κ3) is 8.01. The number of carbonyl (C=O) groups excluding carboxylic acids is 3. The molecule has 0 aliphatic rings. The zero-order chi connectivity index (χ0) is 22.8. The molecule has 0 bridgehead atoms. The number of thiol groups is 1. The van der Waals surface area contributed by atoms with Crippen LogP contribution in [0.15, 0.2) is 30.3 Å². The van der Waals surface area contributed by atoms with E-state index in [1.165, 1.54) is 13.8 Å². The van der Waals surface area contributed by atoms with E-state index in [4.69, 9.17) is 5.73 Å². The van der Waals surface area contributed by atoms with Crippen molar-refractivity contribution in [2.24, 2.45) is 5.73 Å². The Morgan fingerprint density at radius 1 is 1.00 bits per heavy atom. The van der Waals surface area contributed by atoms with Gasteiger partial charge in [0.2, 0.25) is 17.7 Å². The Bertz CT molecular complexity index is 746. The molecule has 1 aromatic rings. The standard InChI is InChI=1S/C19H28N4O6S/c1-10(21-18(27)15(11(2)24)23-17(26)13(20)9-30)16(25)22-14(19(28)29)8-12-6-4-3-5-7-12/h3-7,10-11,13-15,24,30H,8-9,20H2,1-2H3,(H,21,27)(H,22,25)(H,23,26)(H,28,29). The number of rotatable bonds is 11. The molecule has 0 saturated heterocycles. The second-order valence-corrected chi connectivity index (χ2v) is 7.20. The van der Waals surface area contributed by atoms with Crippen LogP contribution in [0.3, 0.4) is 0 Å². The minimum atomic E-state index is -1.35. The molecule has 0 spiro atoms. The van der Waals surface area contributed by atoms with Crippen molar-refractivity contribution >= 4 is 36.3 Å². The van der Waals surface area contributed by atoms with Gasteiger partial charge in [-0.25, -0.2) is 4.79 Å². The summed E-state index contributed by atoms with van der Waals surface area (Å²) in [6, 6.07) is 4.13. The topological polar surface area (TPSA) is 171 Å². The predicted molar refractivity (Wildman–Crippen MR) is 113 cm³/mol. The second-order valence-electron chi connectivity index (χ2n) is 6.84. The first-order chi connectivity index (χ1) is 14.1. The molecule has 1 aromatic carbocycles. The van der Waals surface area contributed by atoms with Crippen molar-refractivity contribution in [2.45, 2.75) is 50.5 Å². The number of hydrogen-bond acceptors (Lipinski definition) is 7. The highest BCUT2D eigenvalue weighted by Gasteiger charge is 2.30. The van der Waals surface area contributed by atoms with Gasteiger partial charge in [0.15, 0.2) is 0 Å². The molecular weight excluding hydrogens is 412 g/mol. The van der Waals surface area contributed by atoms with Gasteiger partial charge in [-0.2, -0.15) is 12.6 Å². The zero-order valence-electron chi connectivity index (χ0n) is 16.7. The summed E-state index contributed by atoms with van der Waals surface area (Å²) in [7, 11) is 0. The van der Waals surface area contributed by atoms with E-state index in [0.717, 1.165) is 5.56 Å². The van der Waals surface area contributed by atoms with Crippen LogP contribution in [0.5, 0.6) is 0 Å². The molecule has 0 radical (unpaired) electrons. The minimum absolute atomic E-state index is 0.0385. The molecule has 5 atom stereocenters. The average molecular weight is 441 g/mol. The summed E-state index contributed by atoms with van der Waals surface area (Å²) in [6.07, 6.45) is -1.20. The van der Waals surface area contributed by atoms with E-state index in [1.807, 2.05) is 0 Å². The predicted octanol–water partition coefficient (Wildman–Crippen LogP) is -1.57. The highest BCUT2D eigenvalue weighted by molar-refractivity contribution is 7.80. The summed E-state index contributed by atoms with van der Waals surface area (Å²) >= 11 is 3.90. The summed E-state index contributed by atoms with van der Waals surface area (Å²) in [6.45, 7) is 2.65. The number of aliphatic carboxylic acids is 1. The molecule has 5 unspecified atom stereocenters. The van der Waals surface area contributed by atoms with E-state index >= 15 is 0 Å². The molecule has 0 saturated carbocycles. The van der Waals surface area contributed by atoms with Crippen molar-refractivity contribution in [3.8, 4) is 0 Å². The maximum atomic E-state index is 12.4. The van der Waals surface area contributed by atoms with Crippen LogP contribution >= 0.6 is 12.6 Å². The van der Waals surface area contributed by atoms with E-state index in [0.29, 0.717) is 0 Å².